The van der Waals surface area contributed by atoms with Gasteiger partial charge in [-0.25, -0.2) is 4.68 Å². The predicted molar refractivity (Wildman–Crippen MR) is 72.9 cm³/mol. The SMILES string of the molecule is Cn1nnnc1N1CCC(NC2CCSC2)CC1. The van der Waals surface area contributed by atoms with Gasteiger partial charge in [0.1, 0.15) is 0 Å². The van der Waals surface area contributed by atoms with Crippen molar-refractivity contribution in [2.75, 3.05) is 29.5 Å². The summed E-state index contributed by atoms with van der Waals surface area (Å²) in [6.45, 7) is 2.09. The summed E-state index contributed by atoms with van der Waals surface area (Å²) in [5.74, 6) is 3.50. The van der Waals surface area contributed by atoms with Crippen molar-refractivity contribution in [1.82, 2.24) is 25.5 Å². The van der Waals surface area contributed by atoms with Crippen LogP contribution in [0.25, 0.3) is 0 Å². The molecule has 6 nitrogen and oxygen atoms in total. The quantitative estimate of drug-likeness (QED) is 0.849. The van der Waals surface area contributed by atoms with Crippen molar-refractivity contribution in [3.05, 3.63) is 0 Å². The molecule has 0 saturated carbocycles. The Morgan fingerprint density at radius 1 is 1.22 bits per heavy atom. The minimum absolute atomic E-state index is 0.672. The topological polar surface area (TPSA) is 58.9 Å². The van der Waals surface area contributed by atoms with Crippen LogP contribution in [0.3, 0.4) is 0 Å². The lowest BCUT2D eigenvalue weighted by atomic mass is 10.0. The van der Waals surface area contributed by atoms with Crippen LogP contribution in [0.5, 0.6) is 0 Å². The van der Waals surface area contributed by atoms with E-state index in [0.29, 0.717) is 6.04 Å². The second-order valence-corrected chi connectivity index (χ2v) is 6.24. The molecule has 1 N–H and O–H groups in total. The van der Waals surface area contributed by atoms with Crippen molar-refractivity contribution >= 4 is 17.7 Å². The monoisotopic (exact) mass is 268 g/mol. The highest BCUT2D eigenvalue weighted by molar-refractivity contribution is 7.99. The lowest BCUT2D eigenvalue weighted by Gasteiger charge is -2.33. The molecule has 2 aliphatic heterocycles. The molecule has 2 aliphatic rings. The van der Waals surface area contributed by atoms with Gasteiger partial charge in [-0.05, 0) is 35.4 Å². The molecule has 2 fully saturated rings. The summed E-state index contributed by atoms with van der Waals surface area (Å²) < 4.78 is 1.75. The van der Waals surface area contributed by atoms with Crippen LogP contribution >= 0.6 is 11.8 Å². The molecule has 18 heavy (non-hydrogen) atoms. The number of nitrogens with zero attached hydrogens (tertiary/aromatic N) is 5. The second kappa shape index (κ2) is 5.44. The first-order valence-corrected chi connectivity index (χ1v) is 7.79. The molecule has 0 bridgehead atoms. The van der Waals surface area contributed by atoms with E-state index in [2.05, 4.69) is 37.5 Å². The zero-order valence-electron chi connectivity index (χ0n) is 10.7. The minimum Gasteiger partial charge on any atom is -0.340 e. The Labute approximate surface area is 111 Å². The van der Waals surface area contributed by atoms with Crippen molar-refractivity contribution in [1.29, 1.82) is 0 Å². The molecular weight excluding hydrogens is 248 g/mol. The van der Waals surface area contributed by atoms with Crippen molar-refractivity contribution in [2.24, 2.45) is 7.05 Å². The number of anilines is 1. The molecule has 100 valence electrons. The van der Waals surface area contributed by atoms with Gasteiger partial charge >= 0.3 is 0 Å². The van der Waals surface area contributed by atoms with Crippen LogP contribution in [0, 0.1) is 0 Å². The highest BCUT2D eigenvalue weighted by Crippen LogP contribution is 2.21. The smallest absolute Gasteiger partial charge is 0.245 e. The summed E-state index contributed by atoms with van der Waals surface area (Å²) in [6, 6.07) is 1.41. The van der Waals surface area contributed by atoms with Gasteiger partial charge in [-0.1, -0.05) is 5.10 Å². The summed E-state index contributed by atoms with van der Waals surface area (Å²) in [4.78, 5) is 2.28. The average molecular weight is 268 g/mol. The largest absolute Gasteiger partial charge is 0.340 e. The fourth-order valence-electron chi connectivity index (χ4n) is 2.74. The molecule has 3 rings (SSSR count). The highest BCUT2D eigenvalue weighted by Gasteiger charge is 2.25. The van der Waals surface area contributed by atoms with Crippen molar-refractivity contribution in [3.63, 3.8) is 0 Å². The van der Waals surface area contributed by atoms with E-state index < -0.39 is 0 Å². The third-order valence-electron chi connectivity index (χ3n) is 3.78. The molecule has 1 aromatic heterocycles. The Balaban J connectivity index is 1.50. The van der Waals surface area contributed by atoms with E-state index in [1.54, 1.807) is 4.68 Å². The maximum Gasteiger partial charge on any atom is 0.245 e. The molecular formula is C11H20N6S. The van der Waals surface area contributed by atoms with Crippen LogP contribution in [-0.2, 0) is 7.05 Å². The van der Waals surface area contributed by atoms with Gasteiger partial charge in [0.15, 0.2) is 0 Å². The van der Waals surface area contributed by atoms with Crippen molar-refractivity contribution < 1.29 is 0 Å². The average Bonchev–Trinajstić information content (AvgIpc) is 3.02. The summed E-state index contributed by atoms with van der Waals surface area (Å²) >= 11 is 2.07. The molecule has 0 amide bonds. The van der Waals surface area contributed by atoms with Gasteiger partial charge in [-0.3, -0.25) is 0 Å². The molecule has 3 heterocycles. The predicted octanol–water partition coefficient (Wildman–Crippen LogP) is 0.274. The summed E-state index contributed by atoms with van der Waals surface area (Å²) in [6.07, 6.45) is 3.71. The summed E-state index contributed by atoms with van der Waals surface area (Å²) in [5, 5.41) is 15.5. The fourth-order valence-corrected chi connectivity index (χ4v) is 3.90. The standard InChI is InChI=1S/C11H20N6S/c1-16-11(13-14-15-16)17-5-2-9(3-6-17)12-10-4-7-18-8-10/h9-10,12H,2-8H2,1H3. The lowest BCUT2D eigenvalue weighted by molar-refractivity contribution is 0.376. The molecule has 0 aromatic carbocycles. The Hall–Kier alpha value is -0.820. The maximum absolute atomic E-state index is 4.07. The van der Waals surface area contributed by atoms with Gasteiger partial charge in [0, 0.05) is 38.0 Å². The van der Waals surface area contributed by atoms with Crippen LogP contribution in [-0.4, -0.2) is 56.9 Å². The minimum atomic E-state index is 0.672. The molecule has 1 unspecified atom stereocenters. The highest BCUT2D eigenvalue weighted by atomic mass is 32.2. The molecule has 2 saturated heterocycles. The van der Waals surface area contributed by atoms with Gasteiger partial charge < -0.3 is 10.2 Å². The number of hydrogen-bond donors (Lipinski definition) is 1. The third-order valence-corrected chi connectivity index (χ3v) is 4.94. The van der Waals surface area contributed by atoms with E-state index >= 15 is 0 Å². The lowest BCUT2D eigenvalue weighted by Crippen LogP contribution is -2.46. The third kappa shape index (κ3) is 2.61. The van der Waals surface area contributed by atoms with Gasteiger partial charge in [-0.15, -0.1) is 0 Å². The first kappa shape index (κ1) is 12.2. The van der Waals surface area contributed by atoms with E-state index in [4.69, 9.17) is 0 Å². The molecule has 7 heteroatoms. The molecule has 0 radical (unpaired) electrons. The Morgan fingerprint density at radius 2 is 2.06 bits per heavy atom. The molecule has 0 spiro atoms. The maximum atomic E-state index is 4.07. The number of rotatable bonds is 3. The summed E-state index contributed by atoms with van der Waals surface area (Å²) in [5.41, 5.74) is 0. The number of aromatic nitrogens is 4. The number of aryl methyl sites for hydroxylation is 1. The number of nitrogens with one attached hydrogen (secondary N) is 1. The van der Waals surface area contributed by atoms with Crippen molar-refractivity contribution in [3.8, 4) is 0 Å². The van der Waals surface area contributed by atoms with Crippen LogP contribution in [0.15, 0.2) is 0 Å². The normalized spacial score (nSPS) is 25.8. The van der Waals surface area contributed by atoms with E-state index in [0.717, 1.165) is 25.1 Å². The zero-order valence-corrected chi connectivity index (χ0v) is 11.6. The van der Waals surface area contributed by atoms with Crippen LogP contribution in [0.1, 0.15) is 19.3 Å². The number of piperidine rings is 1. The molecule has 0 aliphatic carbocycles. The van der Waals surface area contributed by atoms with Crippen LogP contribution in [0.4, 0.5) is 5.95 Å². The Bertz CT molecular complexity index is 381. The number of tetrazole rings is 1. The zero-order chi connectivity index (χ0) is 12.4. The van der Waals surface area contributed by atoms with Gasteiger partial charge in [0.05, 0.1) is 0 Å². The Morgan fingerprint density at radius 3 is 2.67 bits per heavy atom. The van der Waals surface area contributed by atoms with Crippen LogP contribution in [0.2, 0.25) is 0 Å². The second-order valence-electron chi connectivity index (χ2n) is 5.09. The van der Waals surface area contributed by atoms with Gasteiger partial charge in [0.2, 0.25) is 5.95 Å². The molecule has 1 atom stereocenters. The first-order chi connectivity index (χ1) is 8.83. The van der Waals surface area contributed by atoms with Crippen molar-refractivity contribution in [2.45, 2.75) is 31.3 Å². The van der Waals surface area contributed by atoms with E-state index in [1.807, 2.05) is 7.05 Å². The van der Waals surface area contributed by atoms with E-state index in [9.17, 15) is 0 Å². The van der Waals surface area contributed by atoms with E-state index in [1.165, 1.54) is 30.8 Å². The number of hydrogen-bond acceptors (Lipinski definition) is 6. The van der Waals surface area contributed by atoms with Gasteiger partial charge in [0.25, 0.3) is 0 Å². The van der Waals surface area contributed by atoms with E-state index in [-0.39, 0.29) is 0 Å². The summed E-state index contributed by atoms with van der Waals surface area (Å²) in [7, 11) is 1.90. The molecule has 1 aromatic rings. The van der Waals surface area contributed by atoms with Gasteiger partial charge in [-0.2, -0.15) is 11.8 Å². The Kier molecular flexibility index (Phi) is 3.69. The fraction of sp³-hybridized carbons (Fsp3) is 0.909. The number of thioether (sulfide) groups is 1. The first-order valence-electron chi connectivity index (χ1n) is 6.64. The van der Waals surface area contributed by atoms with Crippen LogP contribution < -0.4 is 10.2 Å².